The Balaban J connectivity index is 3.42. The molecule has 0 aromatic rings. The van der Waals surface area contributed by atoms with Gasteiger partial charge in [0.15, 0.2) is 0 Å². The summed E-state index contributed by atoms with van der Waals surface area (Å²) in [5, 5.41) is 9.89. The van der Waals surface area contributed by atoms with Crippen LogP contribution in [-0.4, -0.2) is 11.2 Å². The summed E-state index contributed by atoms with van der Waals surface area (Å²) in [5.41, 5.74) is 0. The standard InChI is InChI=1S/C14H30O/c1-5-6-7-8-9-10-13(4)14(15)11-12(2)3/h12-15H,5-11H2,1-4H3. The summed E-state index contributed by atoms with van der Waals surface area (Å²) in [7, 11) is 0. The van der Waals surface area contributed by atoms with Gasteiger partial charge in [-0.1, -0.05) is 59.8 Å². The number of aliphatic hydroxyl groups excluding tert-OH is 1. The number of aliphatic hydroxyl groups is 1. The van der Waals surface area contributed by atoms with E-state index in [2.05, 4.69) is 27.7 Å². The third kappa shape index (κ3) is 8.92. The van der Waals surface area contributed by atoms with Crippen molar-refractivity contribution in [3.05, 3.63) is 0 Å². The normalized spacial score (nSPS) is 15.6. The minimum Gasteiger partial charge on any atom is -0.393 e. The first-order chi connectivity index (χ1) is 7.07. The number of hydrogen-bond acceptors (Lipinski definition) is 1. The summed E-state index contributed by atoms with van der Waals surface area (Å²) in [4.78, 5) is 0. The van der Waals surface area contributed by atoms with Crippen LogP contribution in [0.25, 0.3) is 0 Å². The monoisotopic (exact) mass is 214 g/mol. The Hall–Kier alpha value is -0.0400. The van der Waals surface area contributed by atoms with Gasteiger partial charge in [0.1, 0.15) is 0 Å². The topological polar surface area (TPSA) is 20.2 Å². The quantitative estimate of drug-likeness (QED) is 0.564. The Morgan fingerprint density at radius 3 is 2.07 bits per heavy atom. The zero-order valence-electron chi connectivity index (χ0n) is 11.1. The highest BCUT2D eigenvalue weighted by molar-refractivity contribution is 4.66. The van der Waals surface area contributed by atoms with Crippen LogP contribution in [0.2, 0.25) is 0 Å². The summed E-state index contributed by atoms with van der Waals surface area (Å²) in [6, 6.07) is 0. The average Bonchev–Trinajstić information content (AvgIpc) is 2.16. The molecule has 0 saturated heterocycles. The van der Waals surface area contributed by atoms with Crippen molar-refractivity contribution in [2.45, 2.75) is 78.7 Å². The molecule has 15 heavy (non-hydrogen) atoms. The zero-order chi connectivity index (χ0) is 11.7. The molecule has 0 aromatic carbocycles. The van der Waals surface area contributed by atoms with E-state index in [9.17, 15) is 5.11 Å². The average molecular weight is 214 g/mol. The lowest BCUT2D eigenvalue weighted by Crippen LogP contribution is -2.19. The van der Waals surface area contributed by atoms with Gasteiger partial charge in [-0.05, 0) is 24.7 Å². The van der Waals surface area contributed by atoms with Gasteiger partial charge in [-0.25, -0.2) is 0 Å². The van der Waals surface area contributed by atoms with Crippen LogP contribution in [0, 0.1) is 11.8 Å². The fourth-order valence-electron chi connectivity index (χ4n) is 1.98. The first-order valence-corrected chi connectivity index (χ1v) is 6.76. The van der Waals surface area contributed by atoms with Crippen molar-refractivity contribution < 1.29 is 5.11 Å². The van der Waals surface area contributed by atoms with Gasteiger partial charge >= 0.3 is 0 Å². The van der Waals surface area contributed by atoms with Gasteiger partial charge in [-0.15, -0.1) is 0 Å². The van der Waals surface area contributed by atoms with Crippen LogP contribution in [0.5, 0.6) is 0 Å². The van der Waals surface area contributed by atoms with Crippen LogP contribution < -0.4 is 0 Å². The summed E-state index contributed by atoms with van der Waals surface area (Å²) in [6.07, 6.45) is 8.73. The van der Waals surface area contributed by atoms with Crippen LogP contribution in [0.4, 0.5) is 0 Å². The molecule has 0 aliphatic rings. The highest BCUT2D eigenvalue weighted by atomic mass is 16.3. The molecule has 0 spiro atoms. The van der Waals surface area contributed by atoms with Crippen LogP contribution in [0.1, 0.15) is 72.6 Å². The minimum absolute atomic E-state index is 0.0869. The molecule has 0 aliphatic heterocycles. The summed E-state index contributed by atoms with van der Waals surface area (Å²) in [5.74, 6) is 1.09. The van der Waals surface area contributed by atoms with Crippen LogP contribution in [0.3, 0.4) is 0 Å². The first kappa shape index (κ1) is 15.0. The van der Waals surface area contributed by atoms with Gasteiger partial charge in [-0.2, -0.15) is 0 Å². The van der Waals surface area contributed by atoms with E-state index in [4.69, 9.17) is 0 Å². The second-order valence-electron chi connectivity index (χ2n) is 5.38. The molecule has 0 bridgehead atoms. The van der Waals surface area contributed by atoms with Crippen molar-refractivity contribution in [3.63, 3.8) is 0 Å². The maximum absolute atomic E-state index is 9.89. The highest BCUT2D eigenvalue weighted by Gasteiger charge is 2.14. The molecule has 0 rings (SSSR count). The highest BCUT2D eigenvalue weighted by Crippen LogP contribution is 2.19. The molecule has 0 saturated carbocycles. The Kier molecular flexibility index (Phi) is 9.18. The number of unbranched alkanes of at least 4 members (excludes halogenated alkanes) is 4. The second kappa shape index (κ2) is 9.21. The predicted molar refractivity (Wildman–Crippen MR) is 68.0 cm³/mol. The first-order valence-electron chi connectivity index (χ1n) is 6.76. The van der Waals surface area contributed by atoms with Gasteiger partial charge in [-0.3, -0.25) is 0 Å². The molecule has 2 atom stereocenters. The van der Waals surface area contributed by atoms with E-state index < -0.39 is 0 Å². The lowest BCUT2D eigenvalue weighted by molar-refractivity contribution is 0.0890. The van der Waals surface area contributed by atoms with Crippen LogP contribution in [0.15, 0.2) is 0 Å². The van der Waals surface area contributed by atoms with Crippen LogP contribution in [-0.2, 0) is 0 Å². The van der Waals surface area contributed by atoms with E-state index in [1.54, 1.807) is 0 Å². The Morgan fingerprint density at radius 2 is 1.53 bits per heavy atom. The van der Waals surface area contributed by atoms with Gasteiger partial charge in [0.25, 0.3) is 0 Å². The van der Waals surface area contributed by atoms with Gasteiger partial charge in [0.05, 0.1) is 6.10 Å². The molecule has 0 aliphatic carbocycles. The molecule has 0 radical (unpaired) electrons. The fraction of sp³-hybridized carbons (Fsp3) is 1.00. The van der Waals surface area contributed by atoms with Crippen molar-refractivity contribution in [3.8, 4) is 0 Å². The molecular weight excluding hydrogens is 184 g/mol. The second-order valence-corrected chi connectivity index (χ2v) is 5.38. The zero-order valence-corrected chi connectivity index (χ0v) is 11.1. The molecule has 0 fully saturated rings. The van der Waals surface area contributed by atoms with Crippen molar-refractivity contribution in [1.29, 1.82) is 0 Å². The van der Waals surface area contributed by atoms with Crippen molar-refractivity contribution in [2.24, 2.45) is 11.8 Å². The van der Waals surface area contributed by atoms with Crippen molar-refractivity contribution >= 4 is 0 Å². The molecule has 92 valence electrons. The summed E-state index contributed by atoms with van der Waals surface area (Å²) >= 11 is 0. The van der Waals surface area contributed by atoms with Gasteiger partial charge < -0.3 is 5.11 Å². The molecule has 1 nitrogen and oxygen atoms in total. The Morgan fingerprint density at radius 1 is 0.933 bits per heavy atom. The van der Waals surface area contributed by atoms with Gasteiger partial charge in [0, 0.05) is 0 Å². The Bertz CT molecular complexity index is 131. The van der Waals surface area contributed by atoms with E-state index in [1.807, 2.05) is 0 Å². The SMILES string of the molecule is CCCCCCCC(C)C(O)CC(C)C. The largest absolute Gasteiger partial charge is 0.393 e. The van der Waals surface area contributed by atoms with Crippen LogP contribution >= 0.6 is 0 Å². The van der Waals surface area contributed by atoms with E-state index >= 15 is 0 Å². The minimum atomic E-state index is -0.0869. The fourth-order valence-corrected chi connectivity index (χ4v) is 1.98. The molecule has 0 heterocycles. The van der Waals surface area contributed by atoms with E-state index in [-0.39, 0.29) is 6.10 Å². The molecule has 0 aromatic heterocycles. The van der Waals surface area contributed by atoms with E-state index in [1.165, 1.54) is 38.5 Å². The van der Waals surface area contributed by atoms with Crippen molar-refractivity contribution in [2.75, 3.05) is 0 Å². The maximum atomic E-state index is 9.89. The molecule has 2 unspecified atom stereocenters. The third-order valence-electron chi connectivity index (χ3n) is 3.13. The predicted octanol–water partition coefficient (Wildman–Crippen LogP) is 4.39. The summed E-state index contributed by atoms with van der Waals surface area (Å²) in [6.45, 7) is 8.79. The molecule has 1 heteroatoms. The summed E-state index contributed by atoms with van der Waals surface area (Å²) < 4.78 is 0. The Labute approximate surface area is 96.3 Å². The molecule has 1 N–H and O–H groups in total. The molecule has 0 amide bonds. The maximum Gasteiger partial charge on any atom is 0.0568 e. The third-order valence-corrected chi connectivity index (χ3v) is 3.13. The van der Waals surface area contributed by atoms with E-state index in [0.717, 1.165) is 6.42 Å². The lowest BCUT2D eigenvalue weighted by Gasteiger charge is -2.20. The van der Waals surface area contributed by atoms with Crippen molar-refractivity contribution in [1.82, 2.24) is 0 Å². The lowest BCUT2D eigenvalue weighted by atomic mass is 9.91. The van der Waals surface area contributed by atoms with E-state index in [0.29, 0.717) is 11.8 Å². The number of rotatable bonds is 9. The smallest absolute Gasteiger partial charge is 0.0568 e. The molecular formula is C14H30O. The van der Waals surface area contributed by atoms with Gasteiger partial charge in [0.2, 0.25) is 0 Å². The number of hydrogen-bond donors (Lipinski definition) is 1.